The van der Waals surface area contributed by atoms with Crippen molar-refractivity contribution in [3.63, 3.8) is 0 Å². The molecule has 6 heteroatoms. The molecule has 0 aliphatic rings. The highest BCUT2D eigenvalue weighted by Crippen LogP contribution is 2.35. The third-order valence-electron chi connectivity index (χ3n) is 4.30. The van der Waals surface area contributed by atoms with Crippen LogP contribution in [0, 0.1) is 5.95 Å². The molecule has 3 heterocycles. The van der Waals surface area contributed by atoms with Crippen molar-refractivity contribution in [1.82, 2.24) is 15.0 Å². The molecule has 3 aromatic heterocycles. The van der Waals surface area contributed by atoms with Crippen LogP contribution < -0.4 is 9.47 Å². The van der Waals surface area contributed by atoms with Crippen molar-refractivity contribution in [2.45, 2.75) is 0 Å². The van der Waals surface area contributed by atoms with E-state index in [0.29, 0.717) is 22.7 Å². The second kappa shape index (κ2) is 6.48. The Labute approximate surface area is 149 Å². The van der Waals surface area contributed by atoms with Crippen molar-refractivity contribution >= 4 is 11.0 Å². The number of nitrogens with one attached hydrogen (secondary N) is 1. The first-order valence-corrected chi connectivity index (χ1v) is 8.01. The highest BCUT2D eigenvalue weighted by atomic mass is 19.1. The molecule has 4 rings (SSSR count). The molecule has 0 spiro atoms. The smallest absolute Gasteiger partial charge is 0.220 e. The number of halogens is 1. The average molecular weight is 349 g/mol. The number of benzene rings is 1. The van der Waals surface area contributed by atoms with Gasteiger partial charge in [-0.2, -0.15) is 4.39 Å². The van der Waals surface area contributed by atoms with Crippen LogP contribution in [0.4, 0.5) is 4.39 Å². The largest absolute Gasteiger partial charge is 0.493 e. The molecule has 0 unspecified atom stereocenters. The molecule has 5 nitrogen and oxygen atoms in total. The normalized spacial score (nSPS) is 10.9. The Hall–Kier alpha value is -3.41. The summed E-state index contributed by atoms with van der Waals surface area (Å²) in [6, 6.07) is 11.1. The van der Waals surface area contributed by atoms with E-state index in [1.165, 1.54) is 6.20 Å². The lowest BCUT2D eigenvalue weighted by Crippen LogP contribution is -1.91. The number of aromatic nitrogens is 3. The van der Waals surface area contributed by atoms with Gasteiger partial charge in [-0.15, -0.1) is 0 Å². The van der Waals surface area contributed by atoms with Crippen LogP contribution in [0.3, 0.4) is 0 Å². The summed E-state index contributed by atoms with van der Waals surface area (Å²) >= 11 is 0. The lowest BCUT2D eigenvalue weighted by atomic mass is 10.0. The molecule has 26 heavy (non-hydrogen) atoms. The maximum Gasteiger partial charge on any atom is 0.220 e. The van der Waals surface area contributed by atoms with E-state index in [-0.39, 0.29) is 0 Å². The number of hydrogen-bond acceptors (Lipinski definition) is 4. The zero-order valence-corrected chi connectivity index (χ0v) is 14.3. The predicted molar refractivity (Wildman–Crippen MR) is 97.8 cm³/mol. The van der Waals surface area contributed by atoms with Gasteiger partial charge in [-0.3, -0.25) is 0 Å². The molecular formula is C20H16FN3O2. The summed E-state index contributed by atoms with van der Waals surface area (Å²) in [5.74, 6) is 0.785. The Bertz CT molecular complexity index is 1090. The van der Waals surface area contributed by atoms with Gasteiger partial charge in [0.05, 0.1) is 14.2 Å². The summed E-state index contributed by atoms with van der Waals surface area (Å²) in [5, 5.41) is 0.823. The quantitative estimate of drug-likeness (QED) is 0.553. The topological polar surface area (TPSA) is 60.0 Å². The van der Waals surface area contributed by atoms with E-state index in [9.17, 15) is 4.39 Å². The maximum absolute atomic E-state index is 14.1. The lowest BCUT2D eigenvalue weighted by Gasteiger charge is -2.10. The maximum atomic E-state index is 14.1. The molecular weight excluding hydrogens is 333 g/mol. The lowest BCUT2D eigenvalue weighted by molar-refractivity contribution is 0.355. The fourth-order valence-corrected chi connectivity index (χ4v) is 2.99. The molecule has 0 atom stereocenters. The van der Waals surface area contributed by atoms with Crippen LogP contribution in [0.15, 0.2) is 55.0 Å². The third kappa shape index (κ3) is 2.65. The van der Waals surface area contributed by atoms with Crippen LogP contribution in [0.5, 0.6) is 11.5 Å². The second-order valence-electron chi connectivity index (χ2n) is 5.73. The standard InChI is InChI=1S/C20H16FN3O2/c1-25-17-6-5-12(9-18(17)26-2)13-8-15-16(11-24-20(15)23-10-13)14-4-3-7-22-19(14)21/h3-11H,1-2H3,(H,23,24). The summed E-state index contributed by atoms with van der Waals surface area (Å²) in [4.78, 5) is 11.3. The molecule has 0 fully saturated rings. The number of fused-ring (bicyclic) bond motifs is 1. The minimum Gasteiger partial charge on any atom is -0.493 e. The van der Waals surface area contributed by atoms with E-state index in [0.717, 1.165) is 22.1 Å². The van der Waals surface area contributed by atoms with Gasteiger partial charge in [-0.25, -0.2) is 9.97 Å². The number of nitrogens with zero attached hydrogens (tertiary/aromatic N) is 2. The summed E-state index contributed by atoms with van der Waals surface area (Å²) in [6.07, 6.45) is 4.95. The minimum absolute atomic E-state index is 0.435. The number of pyridine rings is 2. The van der Waals surface area contributed by atoms with E-state index < -0.39 is 5.95 Å². The number of aromatic amines is 1. The number of rotatable bonds is 4. The van der Waals surface area contributed by atoms with Gasteiger partial charge < -0.3 is 14.5 Å². The molecule has 0 radical (unpaired) electrons. The zero-order chi connectivity index (χ0) is 18.1. The van der Waals surface area contributed by atoms with Gasteiger partial charge in [0.25, 0.3) is 0 Å². The van der Waals surface area contributed by atoms with Crippen LogP contribution in [-0.2, 0) is 0 Å². The number of methoxy groups -OCH3 is 2. The van der Waals surface area contributed by atoms with Crippen LogP contribution in [-0.4, -0.2) is 29.2 Å². The molecule has 0 aliphatic carbocycles. The van der Waals surface area contributed by atoms with Crippen molar-refractivity contribution in [2.75, 3.05) is 14.2 Å². The van der Waals surface area contributed by atoms with Crippen molar-refractivity contribution < 1.29 is 13.9 Å². The van der Waals surface area contributed by atoms with Crippen LogP contribution in [0.25, 0.3) is 33.3 Å². The fraction of sp³-hybridized carbons (Fsp3) is 0.100. The van der Waals surface area contributed by atoms with Gasteiger partial charge in [-0.05, 0) is 35.9 Å². The van der Waals surface area contributed by atoms with E-state index in [4.69, 9.17) is 9.47 Å². The predicted octanol–water partition coefficient (Wildman–Crippen LogP) is 4.45. The van der Waals surface area contributed by atoms with E-state index in [1.807, 2.05) is 24.3 Å². The molecule has 0 aliphatic heterocycles. The number of H-pyrrole nitrogens is 1. The molecule has 0 saturated carbocycles. The van der Waals surface area contributed by atoms with Gasteiger partial charge in [0, 0.05) is 40.7 Å². The average Bonchev–Trinajstić information content (AvgIpc) is 3.10. The number of hydrogen-bond donors (Lipinski definition) is 1. The van der Waals surface area contributed by atoms with Crippen molar-refractivity contribution in [3.8, 4) is 33.8 Å². The molecule has 1 N–H and O–H groups in total. The summed E-state index contributed by atoms with van der Waals surface area (Å²) < 4.78 is 24.8. The Morgan fingerprint density at radius 2 is 1.77 bits per heavy atom. The number of ether oxygens (including phenoxy) is 2. The molecule has 4 aromatic rings. The molecule has 0 bridgehead atoms. The molecule has 0 saturated heterocycles. The van der Waals surface area contributed by atoms with Gasteiger partial charge in [0.2, 0.25) is 5.95 Å². The third-order valence-corrected chi connectivity index (χ3v) is 4.30. The van der Waals surface area contributed by atoms with Gasteiger partial charge in [-0.1, -0.05) is 6.07 Å². The van der Waals surface area contributed by atoms with Crippen molar-refractivity contribution in [3.05, 3.63) is 60.9 Å². The van der Waals surface area contributed by atoms with Gasteiger partial charge in [0.15, 0.2) is 11.5 Å². The van der Waals surface area contributed by atoms with Gasteiger partial charge in [0.1, 0.15) is 5.65 Å². The summed E-state index contributed by atoms with van der Waals surface area (Å²) in [7, 11) is 3.19. The van der Waals surface area contributed by atoms with Crippen LogP contribution in [0.2, 0.25) is 0 Å². The second-order valence-corrected chi connectivity index (χ2v) is 5.73. The minimum atomic E-state index is -0.509. The van der Waals surface area contributed by atoms with Crippen LogP contribution >= 0.6 is 0 Å². The Kier molecular flexibility index (Phi) is 4.01. The highest BCUT2D eigenvalue weighted by Gasteiger charge is 2.13. The van der Waals surface area contributed by atoms with Gasteiger partial charge >= 0.3 is 0 Å². The van der Waals surface area contributed by atoms with Crippen molar-refractivity contribution in [1.29, 1.82) is 0 Å². The highest BCUT2D eigenvalue weighted by molar-refractivity contribution is 5.95. The summed E-state index contributed by atoms with van der Waals surface area (Å²) in [5.41, 5.74) is 3.66. The monoisotopic (exact) mass is 349 g/mol. The molecule has 1 aromatic carbocycles. The van der Waals surface area contributed by atoms with E-state index in [1.54, 1.807) is 38.7 Å². The Morgan fingerprint density at radius 3 is 2.54 bits per heavy atom. The first kappa shape index (κ1) is 16.1. The Balaban J connectivity index is 1.86. The SMILES string of the molecule is COc1ccc(-c2cnc3[nH]cc(-c4cccnc4F)c3c2)cc1OC. The molecule has 0 amide bonds. The fourth-order valence-electron chi connectivity index (χ4n) is 2.99. The van der Waals surface area contributed by atoms with E-state index >= 15 is 0 Å². The van der Waals surface area contributed by atoms with E-state index in [2.05, 4.69) is 15.0 Å². The zero-order valence-electron chi connectivity index (χ0n) is 14.3. The Morgan fingerprint density at radius 1 is 0.923 bits per heavy atom. The van der Waals surface area contributed by atoms with Crippen molar-refractivity contribution in [2.24, 2.45) is 0 Å². The first-order valence-electron chi connectivity index (χ1n) is 8.01. The molecule has 130 valence electrons. The van der Waals surface area contributed by atoms with Crippen LogP contribution in [0.1, 0.15) is 0 Å². The summed E-state index contributed by atoms with van der Waals surface area (Å²) in [6.45, 7) is 0. The first-order chi connectivity index (χ1) is 12.7.